The number of hydrogen-bond donors (Lipinski definition) is 2. The molecule has 88 valence electrons. The number of nitrogens with two attached hydrogens (primary N) is 1. The zero-order valence-electron chi connectivity index (χ0n) is 9.38. The van der Waals surface area contributed by atoms with Crippen LogP contribution in [0.3, 0.4) is 0 Å². The maximum atomic E-state index is 10.5. The first-order chi connectivity index (χ1) is 7.49. The molecule has 0 unspecified atom stereocenters. The molecule has 3 N–H and O–H groups in total. The summed E-state index contributed by atoms with van der Waals surface area (Å²) >= 11 is 0. The summed E-state index contributed by atoms with van der Waals surface area (Å²) in [5.74, 6) is 5.29. The molecule has 0 fully saturated rings. The smallest absolute Gasteiger partial charge is 0.324 e. The summed E-state index contributed by atoms with van der Waals surface area (Å²) in [5, 5.41) is 9.77. The Hall–Kier alpha value is -1.75. The van der Waals surface area contributed by atoms with E-state index >= 15 is 0 Å². The van der Waals surface area contributed by atoms with E-state index in [-0.39, 0.29) is 12.6 Å². The number of benzene rings is 1. The van der Waals surface area contributed by atoms with Gasteiger partial charge >= 0.3 is 5.97 Å². The van der Waals surface area contributed by atoms with Gasteiger partial charge in [0.1, 0.15) is 12.3 Å². The Morgan fingerprint density at radius 2 is 2.25 bits per heavy atom. The van der Waals surface area contributed by atoms with Crippen LogP contribution >= 0.6 is 0 Å². The lowest BCUT2D eigenvalue weighted by Crippen LogP contribution is -2.35. The second-order valence-corrected chi connectivity index (χ2v) is 3.69. The standard InChI is InChI=1S/C11H16N2O3/c1-8(2)16-10-5-3-4-9(6-10)13(12)7-11(14)15/h3-6,8H,7,12H2,1-2H3,(H,14,15). The summed E-state index contributed by atoms with van der Waals surface area (Å²) in [6, 6.07) is 7.02. The van der Waals surface area contributed by atoms with E-state index in [1.165, 1.54) is 0 Å². The highest BCUT2D eigenvalue weighted by Crippen LogP contribution is 2.20. The lowest BCUT2D eigenvalue weighted by molar-refractivity contribution is -0.135. The molecular weight excluding hydrogens is 208 g/mol. The van der Waals surface area contributed by atoms with Gasteiger partial charge in [-0.25, -0.2) is 5.84 Å². The van der Waals surface area contributed by atoms with E-state index in [1.807, 2.05) is 13.8 Å². The van der Waals surface area contributed by atoms with Crippen LogP contribution in [0.1, 0.15) is 13.8 Å². The van der Waals surface area contributed by atoms with Gasteiger partial charge in [-0.3, -0.25) is 9.80 Å². The van der Waals surface area contributed by atoms with Crippen molar-refractivity contribution < 1.29 is 14.6 Å². The van der Waals surface area contributed by atoms with Crippen molar-refractivity contribution in [3.63, 3.8) is 0 Å². The van der Waals surface area contributed by atoms with Crippen molar-refractivity contribution in [3.8, 4) is 5.75 Å². The van der Waals surface area contributed by atoms with Crippen LogP contribution < -0.4 is 15.6 Å². The largest absolute Gasteiger partial charge is 0.491 e. The molecule has 1 rings (SSSR count). The lowest BCUT2D eigenvalue weighted by atomic mass is 10.3. The Bertz CT molecular complexity index is 366. The van der Waals surface area contributed by atoms with Gasteiger partial charge in [0.05, 0.1) is 11.8 Å². The van der Waals surface area contributed by atoms with Crippen LogP contribution in [0, 0.1) is 0 Å². The average molecular weight is 224 g/mol. The predicted octanol–water partition coefficient (Wildman–Crippen LogP) is 1.24. The number of carbonyl (C=O) groups is 1. The minimum atomic E-state index is -0.974. The van der Waals surface area contributed by atoms with Crippen LogP contribution in [0.15, 0.2) is 24.3 Å². The zero-order valence-corrected chi connectivity index (χ0v) is 9.38. The Morgan fingerprint density at radius 1 is 1.56 bits per heavy atom. The van der Waals surface area contributed by atoms with Crippen LogP contribution in [0.2, 0.25) is 0 Å². The molecule has 0 bridgehead atoms. The predicted molar refractivity (Wildman–Crippen MR) is 61.4 cm³/mol. The van der Waals surface area contributed by atoms with Gasteiger partial charge in [0, 0.05) is 6.07 Å². The molecule has 1 aromatic rings. The molecule has 0 saturated heterocycles. The fourth-order valence-electron chi connectivity index (χ4n) is 1.24. The second kappa shape index (κ2) is 5.37. The molecular formula is C11H16N2O3. The maximum Gasteiger partial charge on any atom is 0.324 e. The molecule has 1 aromatic carbocycles. The fourth-order valence-corrected chi connectivity index (χ4v) is 1.24. The molecule has 16 heavy (non-hydrogen) atoms. The summed E-state index contributed by atoms with van der Waals surface area (Å²) in [4.78, 5) is 10.5. The Morgan fingerprint density at radius 3 is 2.81 bits per heavy atom. The zero-order chi connectivity index (χ0) is 12.1. The van der Waals surface area contributed by atoms with Gasteiger partial charge in [0.25, 0.3) is 0 Å². The van der Waals surface area contributed by atoms with E-state index in [9.17, 15) is 4.79 Å². The molecule has 0 aliphatic heterocycles. The highest BCUT2D eigenvalue weighted by atomic mass is 16.5. The third kappa shape index (κ3) is 3.78. The van der Waals surface area contributed by atoms with E-state index < -0.39 is 5.97 Å². The summed E-state index contributed by atoms with van der Waals surface area (Å²) in [6.07, 6.45) is 0.0703. The van der Waals surface area contributed by atoms with Crippen LogP contribution in [0.4, 0.5) is 5.69 Å². The van der Waals surface area contributed by atoms with Crippen LogP contribution in [0.25, 0.3) is 0 Å². The number of rotatable bonds is 5. The van der Waals surface area contributed by atoms with Crippen LogP contribution in [0.5, 0.6) is 5.75 Å². The van der Waals surface area contributed by atoms with E-state index in [2.05, 4.69) is 0 Å². The quantitative estimate of drug-likeness (QED) is 0.581. The van der Waals surface area contributed by atoms with Gasteiger partial charge in [-0.15, -0.1) is 0 Å². The van der Waals surface area contributed by atoms with Crippen molar-refractivity contribution >= 4 is 11.7 Å². The first-order valence-corrected chi connectivity index (χ1v) is 5.00. The topological polar surface area (TPSA) is 75.8 Å². The van der Waals surface area contributed by atoms with Crippen molar-refractivity contribution in [3.05, 3.63) is 24.3 Å². The van der Waals surface area contributed by atoms with Crippen molar-refractivity contribution in [2.45, 2.75) is 20.0 Å². The molecule has 0 radical (unpaired) electrons. The van der Waals surface area contributed by atoms with Crippen LogP contribution in [-0.4, -0.2) is 23.7 Å². The SMILES string of the molecule is CC(C)Oc1cccc(N(N)CC(=O)O)c1. The lowest BCUT2D eigenvalue weighted by Gasteiger charge is -2.17. The second-order valence-electron chi connectivity index (χ2n) is 3.69. The Kier molecular flexibility index (Phi) is 4.13. The Labute approximate surface area is 94.4 Å². The van der Waals surface area contributed by atoms with Gasteiger partial charge in [0.2, 0.25) is 0 Å². The molecule has 5 heteroatoms. The fraction of sp³-hybridized carbons (Fsp3) is 0.364. The molecule has 0 aliphatic rings. The minimum Gasteiger partial charge on any atom is -0.491 e. The number of nitrogens with zero attached hydrogens (tertiary/aromatic N) is 1. The van der Waals surface area contributed by atoms with Crippen molar-refractivity contribution in [1.29, 1.82) is 0 Å². The number of anilines is 1. The number of carboxylic acids is 1. The summed E-state index contributed by atoms with van der Waals surface area (Å²) in [5.41, 5.74) is 0.612. The third-order valence-corrected chi connectivity index (χ3v) is 1.83. The molecule has 0 aromatic heterocycles. The Balaban J connectivity index is 2.77. The summed E-state index contributed by atoms with van der Waals surface area (Å²) < 4.78 is 5.48. The number of carboxylic acid groups (broad SMARTS) is 1. The van der Waals surface area contributed by atoms with E-state index in [4.69, 9.17) is 15.7 Å². The molecule has 0 atom stereocenters. The van der Waals surface area contributed by atoms with Gasteiger partial charge in [0.15, 0.2) is 0 Å². The highest BCUT2D eigenvalue weighted by molar-refractivity contribution is 5.73. The van der Waals surface area contributed by atoms with Gasteiger partial charge in [-0.2, -0.15) is 0 Å². The van der Waals surface area contributed by atoms with Crippen molar-refractivity contribution in [1.82, 2.24) is 0 Å². The number of hydrogen-bond acceptors (Lipinski definition) is 4. The monoisotopic (exact) mass is 224 g/mol. The molecule has 5 nitrogen and oxygen atoms in total. The van der Waals surface area contributed by atoms with Crippen LogP contribution in [-0.2, 0) is 4.79 Å². The van der Waals surface area contributed by atoms with E-state index in [0.717, 1.165) is 5.01 Å². The third-order valence-electron chi connectivity index (χ3n) is 1.83. The van der Waals surface area contributed by atoms with Gasteiger partial charge < -0.3 is 9.84 Å². The first-order valence-electron chi connectivity index (χ1n) is 5.00. The number of hydrazine groups is 1. The minimum absolute atomic E-state index is 0.0703. The van der Waals surface area contributed by atoms with E-state index in [1.54, 1.807) is 24.3 Å². The molecule has 0 saturated carbocycles. The number of aliphatic carboxylic acids is 1. The van der Waals surface area contributed by atoms with Gasteiger partial charge in [-0.05, 0) is 26.0 Å². The summed E-state index contributed by atoms with van der Waals surface area (Å²) in [6.45, 7) is 3.60. The first kappa shape index (κ1) is 12.3. The highest BCUT2D eigenvalue weighted by Gasteiger charge is 2.07. The number of ether oxygens (including phenoxy) is 1. The maximum absolute atomic E-state index is 10.5. The molecule has 0 aliphatic carbocycles. The molecule has 0 heterocycles. The van der Waals surface area contributed by atoms with Gasteiger partial charge in [-0.1, -0.05) is 6.07 Å². The molecule has 0 spiro atoms. The average Bonchev–Trinajstić information content (AvgIpc) is 2.16. The normalized spacial score (nSPS) is 10.2. The summed E-state index contributed by atoms with van der Waals surface area (Å²) in [7, 11) is 0. The van der Waals surface area contributed by atoms with E-state index in [0.29, 0.717) is 11.4 Å². The van der Waals surface area contributed by atoms with Crippen molar-refractivity contribution in [2.75, 3.05) is 11.6 Å². The molecule has 0 amide bonds. The van der Waals surface area contributed by atoms with Crippen molar-refractivity contribution in [2.24, 2.45) is 5.84 Å².